The predicted octanol–water partition coefficient (Wildman–Crippen LogP) is 5.44. The van der Waals surface area contributed by atoms with Gasteiger partial charge < -0.3 is 4.74 Å². The average molecular weight is 356 g/mol. The fourth-order valence-corrected chi connectivity index (χ4v) is 3.04. The minimum atomic E-state index is 0.268. The van der Waals surface area contributed by atoms with Crippen LogP contribution in [0.3, 0.4) is 0 Å². The quantitative estimate of drug-likeness (QED) is 0.623. The van der Waals surface area contributed by atoms with E-state index >= 15 is 0 Å². The lowest BCUT2D eigenvalue weighted by molar-refractivity contribution is 0.308. The van der Waals surface area contributed by atoms with E-state index in [-0.39, 0.29) is 6.61 Å². The van der Waals surface area contributed by atoms with Gasteiger partial charge in [0, 0.05) is 21.8 Å². The van der Waals surface area contributed by atoms with Crippen LogP contribution >= 0.6 is 34.8 Å². The molecule has 0 bridgehead atoms. The van der Waals surface area contributed by atoms with Gasteiger partial charge in [0.05, 0.1) is 5.69 Å². The maximum Gasteiger partial charge on any atom is 0.181 e. The highest BCUT2D eigenvalue weighted by molar-refractivity contribution is 6.36. The smallest absolute Gasteiger partial charge is 0.181 e. The molecule has 1 aromatic carbocycles. The first-order valence-electron chi connectivity index (χ1n) is 6.83. The van der Waals surface area contributed by atoms with Crippen molar-refractivity contribution in [1.29, 1.82) is 0 Å². The van der Waals surface area contributed by atoms with Gasteiger partial charge in [0.2, 0.25) is 0 Å². The summed E-state index contributed by atoms with van der Waals surface area (Å²) in [4.78, 5) is 4.53. The Labute approximate surface area is 143 Å². The summed E-state index contributed by atoms with van der Waals surface area (Å²) < 4.78 is 7.68. The highest BCUT2D eigenvalue weighted by Gasteiger charge is 2.13. The van der Waals surface area contributed by atoms with Gasteiger partial charge in [0.15, 0.2) is 11.4 Å². The third-order valence-electron chi connectivity index (χ3n) is 3.39. The van der Waals surface area contributed by atoms with E-state index in [1.807, 2.05) is 29.7 Å². The summed E-state index contributed by atoms with van der Waals surface area (Å²) in [7, 11) is 0. The van der Waals surface area contributed by atoms with Gasteiger partial charge in [-0.15, -0.1) is 0 Å². The summed E-state index contributed by atoms with van der Waals surface area (Å²) in [6.45, 7) is 2.28. The number of imidazole rings is 1. The molecule has 3 rings (SSSR count). The standard InChI is InChI=1S/C16H13Cl3N2O/c1-2-13-15(19)21-8-4-7-14(16(21)20-13)22-9-10-11(17)5-3-6-12(10)18/h3-8H,2,9H2,1H3. The lowest BCUT2D eigenvalue weighted by Crippen LogP contribution is -1.99. The second kappa shape index (κ2) is 6.37. The first-order chi connectivity index (χ1) is 10.6. The molecule has 0 fully saturated rings. The average Bonchev–Trinajstić information content (AvgIpc) is 2.84. The van der Waals surface area contributed by atoms with Crippen molar-refractivity contribution in [3.8, 4) is 5.75 Å². The Morgan fingerprint density at radius 3 is 2.50 bits per heavy atom. The molecule has 0 saturated carbocycles. The van der Waals surface area contributed by atoms with Crippen molar-refractivity contribution in [2.24, 2.45) is 0 Å². The van der Waals surface area contributed by atoms with Crippen LogP contribution in [-0.2, 0) is 13.0 Å². The van der Waals surface area contributed by atoms with Gasteiger partial charge in [0.1, 0.15) is 11.8 Å². The van der Waals surface area contributed by atoms with Crippen molar-refractivity contribution >= 4 is 40.4 Å². The van der Waals surface area contributed by atoms with E-state index in [9.17, 15) is 0 Å². The second-order valence-corrected chi connectivity index (χ2v) is 5.93. The number of ether oxygens (including phenoxy) is 1. The topological polar surface area (TPSA) is 26.5 Å². The molecule has 22 heavy (non-hydrogen) atoms. The highest BCUT2D eigenvalue weighted by atomic mass is 35.5. The van der Waals surface area contributed by atoms with E-state index in [1.54, 1.807) is 18.2 Å². The molecule has 0 N–H and O–H groups in total. The number of aromatic nitrogens is 2. The van der Waals surface area contributed by atoms with E-state index in [2.05, 4.69) is 4.98 Å². The summed E-state index contributed by atoms with van der Waals surface area (Å²) >= 11 is 18.6. The number of hydrogen-bond acceptors (Lipinski definition) is 2. The Hall–Kier alpha value is -1.42. The van der Waals surface area contributed by atoms with E-state index in [1.165, 1.54) is 0 Å². The van der Waals surface area contributed by atoms with E-state index < -0.39 is 0 Å². The molecule has 3 nitrogen and oxygen atoms in total. The Morgan fingerprint density at radius 2 is 1.82 bits per heavy atom. The van der Waals surface area contributed by atoms with Crippen LogP contribution in [0.15, 0.2) is 36.5 Å². The molecule has 2 heterocycles. The molecule has 114 valence electrons. The molecular formula is C16H13Cl3N2O. The largest absolute Gasteiger partial charge is 0.485 e. The zero-order chi connectivity index (χ0) is 15.7. The summed E-state index contributed by atoms with van der Waals surface area (Å²) in [5, 5.41) is 1.77. The summed E-state index contributed by atoms with van der Waals surface area (Å²) in [6, 6.07) is 9.09. The number of benzene rings is 1. The van der Waals surface area contributed by atoms with Gasteiger partial charge in [-0.2, -0.15) is 0 Å². The third-order valence-corrected chi connectivity index (χ3v) is 4.50. The molecule has 0 saturated heterocycles. The van der Waals surface area contributed by atoms with Gasteiger partial charge in [-0.25, -0.2) is 4.98 Å². The molecule has 0 spiro atoms. The lowest BCUT2D eigenvalue weighted by Gasteiger charge is -2.10. The summed E-state index contributed by atoms with van der Waals surface area (Å²) in [6.07, 6.45) is 2.62. The monoisotopic (exact) mass is 354 g/mol. The second-order valence-electron chi connectivity index (χ2n) is 4.76. The van der Waals surface area contributed by atoms with E-state index in [0.29, 0.717) is 26.6 Å². The van der Waals surface area contributed by atoms with Crippen molar-refractivity contribution in [3.63, 3.8) is 0 Å². The number of rotatable bonds is 4. The molecule has 0 atom stereocenters. The van der Waals surface area contributed by atoms with E-state index in [0.717, 1.165) is 17.7 Å². The van der Waals surface area contributed by atoms with Gasteiger partial charge in [-0.05, 0) is 30.7 Å². The SMILES string of the molecule is CCc1nc2c(OCc3c(Cl)cccc3Cl)cccn2c1Cl. The van der Waals surface area contributed by atoms with Crippen LogP contribution in [0, 0.1) is 0 Å². The number of halogens is 3. The fraction of sp³-hybridized carbons (Fsp3) is 0.188. The maximum absolute atomic E-state index is 6.30. The Balaban J connectivity index is 1.94. The normalized spacial score (nSPS) is 11.1. The first-order valence-corrected chi connectivity index (χ1v) is 7.96. The molecule has 6 heteroatoms. The van der Waals surface area contributed by atoms with E-state index in [4.69, 9.17) is 39.5 Å². The van der Waals surface area contributed by atoms with Crippen LogP contribution in [0.2, 0.25) is 15.2 Å². The number of fused-ring (bicyclic) bond motifs is 1. The first kappa shape index (κ1) is 15.5. The fourth-order valence-electron chi connectivity index (χ4n) is 2.22. The van der Waals surface area contributed by atoms with Crippen molar-refractivity contribution in [2.75, 3.05) is 0 Å². The van der Waals surface area contributed by atoms with Crippen LogP contribution in [0.1, 0.15) is 18.2 Å². The Bertz CT molecular complexity index is 809. The van der Waals surface area contributed by atoms with Crippen LogP contribution in [0.4, 0.5) is 0 Å². The molecule has 2 aromatic heterocycles. The summed E-state index contributed by atoms with van der Waals surface area (Å²) in [5.74, 6) is 0.639. The number of pyridine rings is 1. The minimum Gasteiger partial charge on any atom is -0.485 e. The van der Waals surface area contributed by atoms with Crippen molar-refractivity contribution in [2.45, 2.75) is 20.0 Å². The minimum absolute atomic E-state index is 0.268. The molecule has 0 aliphatic carbocycles. The van der Waals surface area contributed by atoms with Crippen molar-refractivity contribution in [1.82, 2.24) is 9.38 Å². The number of nitrogens with zero attached hydrogens (tertiary/aromatic N) is 2. The highest BCUT2D eigenvalue weighted by Crippen LogP contribution is 2.29. The Kier molecular flexibility index (Phi) is 4.48. The van der Waals surface area contributed by atoms with Crippen LogP contribution < -0.4 is 4.74 Å². The van der Waals surface area contributed by atoms with Crippen LogP contribution in [0.5, 0.6) is 5.75 Å². The lowest BCUT2D eigenvalue weighted by atomic mass is 10.2. The molecule has 0 radical (unpaired) electrons. The zero-order valence-electron chi connectivity index (χ0n) is 11.8. The molecular weight excluding hydrogens is 343 g/mol. The molecule has 0 aliphatic rings. The molecule has 0 aliphatic heterocycles. The van der Waals surface area contributed by atoms with Crippen LogP contribution in [-0.4, -0.2) is 9.38 Å². The number of aryl methyl sites for hydroxylation is 1. The molecule has 3 aromatic rings. The molecule has 0 amide bonds. The number of hydrogen-bond donors (Lipinski definition) is 0. The van der Waals surface area contributed by atoms with Crippen molar-refractivity contribution in [3.05, 3.63) is 63.0 Å². The van der Waals surface area contributed by atoms with Crippen molar-refractivity contribution < 1.29 is 4.74 Å². The summed E-state index contributed by atoms with van der Waals surface area (Å²) in [5.41, 5.74) is 2.28. The zero-order valence-corrected chi connectivity index (χ0v) is 14.1. The maximum atomic E-state index is 6.30. The Morgan fingerprint density at radius 1 is 1.09 bits per heavy atom. The third kappa shape index (κ3) is 2.76. The van der Waals surface area contributed by atoms with Gasteiger partial charge in [0.25, 0.3) is 0 Å². The molecule has 0 unspecified atom stereocenters. The predicted molar refractivity (Wildman–Crippen MR) is 90.4 cm³/mol. The van der Waals surface area contributed by atoms with Gasteiger partial charge in [-0.3, -0.25) is 4.40 Å². The van der Waals surface area contributed by atoms with Gasteiger partial charge in [-0.1, -0.05) is 47.8 Å². The van der Waals surface area contributed by atoms with Crippen LogP contribution in [0.25, 0.3) is 5.65 Å². The van der Waals surface area contributed by atoms with Gasteiger partial charge >= 0.3 is 0 Å².